The van der Waals surface area contributed by atoms with Crippen LogP contribution in [0.5, 0.6) is 5.88 Å². The number of aliphatic hydroxyl groups is 1. The first-order chi connectivity index (χ1) is 13.4. The van der Waals surface area contributed by atoms with Gasteiger partial charge in [0.15, 0.2) is 17.0 Å². The molecule has 150 valence electrons. The Morgan fingerprint density at radius 1 is 1.43 bits per heavy atom. The third kappa shape index (κ3) is 3.44. The number of methoxy groups -OCH3 is 1. The third-order valence-corrected chi connectivity index (χ3v) is 4.59. The van der Waals surface area contributed by atoms with E-state index in [1.54, 1.807) is 28.7 Å². The number of nitrogens with zero attached hydrogens (tertiary/aromatic N) is 7. The number of hydrogen-bond donors (Lipinski definition) is 2. The molecule has 1 fully saturated rings. The quantitative estimate of drug-likeness (QED) is 0.648. The Morgan fingerprint density at radius 3 is 2.93 bits per heavy atom. The number of aryl methyl sites for hydroxylation is 1. The SMILES string of the molecule is COc1nn(CC(C)O)cc1Nc1nc(N2CCC(F)C2)nc2c1ncn2C. The van der Waals surface area contributed by atoms with Crippen LogP contribution >= 0.6 is 0 Å². The zero-order valence-electron chi connectivity index (χ0n) is 16.0. The van der Waals surface area contributed by atoms with Gasteiger partial charge < -0.3 is 24.6 Å². The summed E-state index contributed by atoms with van der Waals surface area (Å²) in [5.41, 5.74) is 1.82. The number of rotatable bonds is 6. The average molecular weight is 390 g/mol. The Labute approximate surface area is 161 Å². The van der Waals surface area contributed by atoms with Crippen molar-refractivity contribution in [3.63, 3.8) is 0 Å². The molecule has 0 aromatic carbocycles. The predicted octanol–water partition coefficient (Wildman–Crippen LogP) is 1.24. The second-order valence-corrected chi connectivity index (χ2v) is 6.98. The number of aromatic nitrogens is 6. The van der Waals surface area contributed by atoms with E-state index in [9.17, 15) is 9.50 Å². The molecule has 0 radical (unpaired) electrons. The fourth-order valence-electron chi connectivity index (χ4n) is 3.26. The van der Waals surface area contributed by atoms with Gasteiger partial charge in [-0.15, -0.1) is 5.10 Å². The number of nitrogens with one attached hydrogen (secondary N) is 1. The van der Waals surface area contributed by atoms with Crippen LogP contribution in [0.2, 0.25) is 0 Å². The normalized spacial score (nSPS) is 18.0. The first kappa shape index (κ1) is 18.4. The molecule has 0 amide bonds. The first-order valence-corrected chi connectivity index (χ1v) is 9.09. The van der Waals surface area contributed by atoms with Gasteiger partial charge in [0.05, 0.1) is 38.8 Å². The van der Waals surface area contributed by atoms with E-state index in [2.05, 4.69) is 25.4 Å². The van der Waals surface area contributed by atoms with E-state index in [0.717, 1.165) is 0 Å². The van der Waals surface area contributed by atoms with Crippen molar-refractivity contribution >= 4 is 28.6 Å². The van der Waals surface area contributed by atoms with Crippen molar-refractivity contribution in [2.24, 2.45) is 7.05 Å². The van der Waals surface area contributed by atoms with Crippen LogP contribution in [-0.2, 0) is 13.6 Å². The van der Waals surface area contributed by atoms with Gasteiger partial charge in [-0.3, -0.25) is 4.68 Å². The van der Waals surface area contributed by atoms with Crippen molar-refractivity contribution in [1.82, 2.24) is 29.3 Å². The van der Waals surface area contributed by atoms with Gasteiger partial charge in [-0.1, -0.05) is 0 Å². The summed E-state index contributed by atoms with van der Waals surface area (Å²) in [6.07, 6.45) is 2.44. The summed E-state index contributed by atoms with van der Waals surface area (Å²) in [4.78, 5) is 15.4. The molecule has 3 aromatic heterocycles. The number of fused-ring (bicyclic) bond motifs is 1. The molecule has 2 atom stereocenters. The number of aliphatic hydroxyl groups excluding tert-OH is 1. The lowest BCUT2D eigenvalue weighted by Gasteiger charge is -2.16. The van der Waals surface area contributed by atoms with Gasteiger partial charge in [-0.05, 0) is 13.3 Å². The molecule has 4 rings (SSSR count). The molecule has 1 aliphatic heterocycles. The van der Waals surface area contributed by atoms with Gasteiger partial charge in [0.25, 0.3) is 5.88 Å². The molecule has 0 bridgehead atoms. The fourth-order valence-corrected chi connectivity index (χ4v) is 3.26. The van der Waals surface area contributed by atoms with E-state index in [4.69, 9.17) is 4.74 Å². The Bertz CT molecular complexity index is 985. The minimum atomic E-state index is -0.874. The maximum atomic E-state index is 13.7. The van der Waals surface area contributed by atoms with Crippen LogP contribution in [0.25, 0.3) is 11.2 Å². The summed E-state index contributed by atoms with van der Waals surface area (Å²) in [5.74, 6) is 1.31. The minimum absolute atomic E-state index is 0.276. The highest BCUT2D eigenvalue weighted by atomic mass is 19.1. The molecule has 0 saturated carbocycles. The molecule has 1 aliphatic rings. The third-order valence-electron chi connectivity index (χ3n) is 4.59. The average Bonchev–Trinajstić information content (AvgIpc) is 3.34. The van der Waals surface area contributed by atoms with Crippen molar-refractivity contribution in [2.45, 2.75) is 32.2 Å². The number of anilines is 3. The monoisotopic (exact) mass is 390 g/mol. The summed E-state index contributed by atoms with van der Waals surface area (Å²) >= 11 is 0. The molecule has 0 spiro atoms. The highest BCUT2D eigenvalue weighted by Gasteiger charge is 2.26. The van der Waals surface area contributed by atoms with Gasteiger partial charge >= 0.3 is 0 Å². The van der Waals surface area contributed by atoms with Crippen molar-refractivity contribution in [3.05, 3.63) is 12.5 Å². The van der Waals surface area contributed by atoms with Gasteiger partial charge in [0.2, 0.25) is 5.95 Å². The smallest absolute Gasteiger partial charge is 0.256 e. The van der Waals surface area contributed by atoms with Crippen LogP contribution < -0.4 is 15.0 Å². The molecular weight excluding hydrogens is 367 g/mol. The lowest BCUT2D eigenvalue weighted by molar-refractivity contribution is 0.167. The summed E-state index contributed by atoms with van der Waals surface area (Å²) in [7, 11) is 3.37. The predicted molar refractivity (Wildman–Crippen MR) is 102 cm³/mol. The topological polar surface area (TPSA) is 106 Å². The number of hydrogen-bond acceptors (Lipinski definition) is 8. The van der Waals surface area contributed by atoms with E-state index in [0.29, 0.717) is 54.0 Å². The fraction of sp³-hybridized carbons (Fsp3) is 0.529. The number of halogens is 1. The zero-order valence-corrected chi connectivity index (χ0v) is 16.0. The summed E-state index contributed by atoms with van der Waals surface area (Å²) in [6, 6.07) is 0. The highest BCUT2D eigenvalue weighted by molar-refractivity contribution is 5.87. The number of imidazole rings is 1. The Hall–Kier alpha value is -2.95. The van der Waals surface area contributed by atoms with Gasteiger partial charge in [-0.25, -0.2) is 9.37 Å². The lowest BCUT2D eigenvalue weighted by atomic mass is 10.3. The summed E-state index contributed by atoms with van der Waals surface area (Å²) in [6.45, 7) is 2.86. The molecule has 1 saturated heterocycles. The van der Waals surface area contributed by atoms with Crippen molar-refractivity contribution in [1.29, 1.82) is 0 Å². The highest BCUT2D eigenvalue weighted by Crippen LogP contribution is 2.30. The van der Waals surface area contributed by atoms with Crippen LogP contribution in [0.1, 0.15) is 13.3 Å². The largest absolute Gasteiger partial charge is 0.478 e. The minimum Gasteiger partial charge on any atom is -0.478 e. The van der Waals surface area contributed by atoms with E-state index >= 15 is 0 Å². The van der Waals surface area contributed by atoms with Crippen molar-refractivity contribution < 1.29 is 14.2 Å². The van der Waals surface area contributed by atoms with Gasteiger partial charge in [-0.2, -0.15) is 9.97 Å². The van der Waals surface area contributed by atoms with Crippen LogP contribution in [0.15, 0.2) is 12.5 Å². The number of ether oxygens (including phenoxy) is 1. The molecule has 2 N–H and O–H groups in total. The van der Waals surface area contributed by atoms with E-state index < -0.39 is 12.3 Å². The Kier molecular flexibility index (Phi) is 4.75. The van der Waals surface area contributed by atoms with Crippen LogP contribution in [0, 0.1) is 0 Å². The molecular formula is C17H23FN8O2. The number of alkyl halides is 1. The second-order valence-electron chi connectivity index (χ2n) is 6.98. The molecule has 28 heavy (non-hydrogen) atoms. The van der Waals surface area contributed by atoms with Crippen LogP contribution in [0.3, 0.4) is 0 Å². The van der Waals surface area contributed by atoms with E-state index in [-0.39, 0.29) is 6.54 Å². The molecule has 10 nitrogen and oxygen atoms in total. The van der Waals surface area contributed by atoms with Crippen LogP contribution in [0.4, 0.5) is 21.8 Å². The maximum Gasteiger partial charge on any atom is 0.256 e. The molecule has 2 unspecified atom stereocenters. The Morgan fingerprint density at radius 2 is 2.25 bits per heavy atom. The summed E-state index contributed by atoms with van der Waals surface area (Å²) < 4.78 is 22.4. The first-order valence-electron chi connectivity index (χ1n) is 9.09. The van der Waals surface area contributed by atoms with Gasteiger partial charge in [0, 0.05) is 13.6 Å². The van der Waals surface area contributed by atoms with E-state index in [1.807, 2.05) is 11.9 Å². The molecule has 0 aliphatic carbocycles. The Balaban J connectivity index is 1.73. The molecule has 4 heterocycles. The van der Waals surface area contributed by atoms with Crippen LogP contribution in [-0.4, -0.2) is 66.9 Å². The maximum absolute atomic E-state index is 13.7. The molecule has 3 aromatic rings. The van der Waals surface area contributed by atoms with E-state index in [1.165, 1.54) is 7.11 Å². The summed E-state index contributed by atoms with van der Waals surface area (Å²) in [5, 5.41) is 17.1. The zero-order chi connectivity index (χ0) is 19.8. The van der Waals surface area contributed by atoms with Gasteiger partial charge in [0.1, 0.15) is 11.9 Å². The van der Waals surface area contributed by atoms with Crippen molar-refractivity contribution in [2.75, 3.05) is 30.4 Å². The van der Waals surface area contributed by atoms with Crippen molar-refractivity contribution in [3.8, 4) is 5.88 Å². The molecule has 11 heteroatoms. The lowest BCUT2D eigenvalue weighted by Crippen LogP contribution is -2.23. The standard InChI is InChI=1S/C17H23FN8O2/c1-10(27)6-26-8-12(16(23-26)28-3)20-14-13-15(24(2)9-19-13)22-17(21-14)25-5-4-11(18)7-25/h8-11,27H,4-7H2,1-3H3,(H,20,21,22). The second kappa shape index (κ2) is 7.23.